The fourth-order valence-corrected chi connectivity index (χ4v) is 4.25. The number of benzene rings is 1. The number of ether oxygens (including phenoxy) is 1. The molecule has 1 atom stereocenters. The molecule has 0 bridgehead atoms. The Kier molecular flexibility index (Phi) is 4.82. The standard InChI is InChI=1S/C20H26FNO4/c1-19(2,3)14-7-9-20(10-8-14)22(16(12-26-20)18(24)25)17(23)13-5-4-6-15(21)11-13/h4-6,11,14,16H,7-10,12H2,1-3H3,(H,24,25)/t14?,16-,20?/m1/s1. The monoisotopic (exact) mass is 363 g/mol. The van der Waals surface area contributed by atoms with Crippen LogP contribution in [0.1, 0.15) is 56.8 Å². The fourth-order valence-electron chi connectivity index (χ4n) is 4.25. The molecule has 1 amide bonds. The number of hydrogen-bond acceptors (Lipinski definition) is 3. The number of amides is 1. The molecule has 6 heteroatoms. The molecule has 0 aromatic heterocycles. The third-order valence-electron chi connectivity index (χ3n) is 5.83. The predicted molar refractivity (Wildman–Crippen MR) is 94.1 cm³/mol. The minimum Gasteiger partial charge on any atom is -0.480 e. The van der Waals surface area contributed by atoms with Crippen molar-refractivity contribution in [2.24, 2.45) is 11.3 Å². The molecule has 3 rings (SSSR count). The molecule has 2 fully saturated rings. The molecule has 2 aliphatic rings. The summed E-state index contributed by atoms with van der Waals surface area (Å²) < 4.78 is 19.5. The summed E-state index contributed by atoms with van der Waals surface area (Å²) in [6, 6.07) is 4.33. The molecular weight excluding hydrogens is 337 g/mol. The van der Waals surface area contributed by atoms with E-state index in [1.54, 1.807) is 0 Å². The molecule has 142 valence electrons. The van der Waals surface area contributed by atoms with E-state index in [9.17, 15) is 19.1 Å². The Morgan fingerprint density at radius 3 is 2.46 bits per heavy atom. The van der Waals surface area contributed by atoms with E-state index >= 15 is 0 Å². The highest BCUT2D eigenvalue weighted by Crippen LogP contribution is 2.47. The summed E-state index contributed by atoms with van der Waals surface area (Å²) >= 11 is 0. The van der Waals surface area contributed by atoms with E-state index in [2.05, 4.69) is 20.8 Å². The lowest BCUT2D eigenvalue weighted by molar-refractivity contribution is -0.144. The highest BCUT2D eigenvalue weighted by Gasteiger charge is 2.54. The van der Waals surface area contributed by atoms with E-state index in [1.807, 2.05) is 0 Å². The number of carboxylic acids is 1. The summed E-state index contributed by atoms with van der Waals surface area (Å²) in [6.45, 7) is 6.55. The first-order valence-corrected chi connectivity index (χ1v) is 9.10. The Morgan fingerprint density at radius 2 is 1.92 bits per heavy atom. The Morgan fingerprint density at radius 1 is 1.27 bits per heavy atom. The number of carbonyl (C=O) groups excluding carboxylic acids is 1. The van der Waals surface area contributed by atoms with Crippen LogP contribution in [-0.2, 0) is 9.53 Å². The molecule has 1 aromatic carbocycles. The van der Waals surface area contributed by atoms with Crippen LogP contribution in [0, 0.1) is 17.2 Å². The van der Waals surface area contributed by atoms with Crippen molar-refractivity contribution >= 4 is 11.9 Å². The summed E-state index contributed by atoms with van der Waals surface area (Å²) in [5.41, 5.74) is -0.600. The van der Waals surface area contributed by atoms with E-state index in [-0.39, 0.29) is 17.6 Å². The second-order valence-electron chi connectivity index (χ2n) is 8.44. The molecule has 26 heavy (non-hydrogen) atoms. The lowest BCUT2D eigenvalue weighted by Crippen LogP contribution is -2.55. The molecular formula is C20H26FNO4. The van der Waals surface area contributed by atoms with Crippen LogP contribution < -0.4 is 0 Å². The van der Waals surface area contributed by atoms with Crippen LogP contribution in [0.3, 0.4) is 0 Å². The van der Waals surface area contributed by atoms with Crippen LogP contribution >= 0.6 is 0 Å². The third kappa shape index (κ3) is 3.34. The number of carboxylic acid groups (broad SMARTS) is 1. The summed E-state index contributed by atoms with van der Waals surface area (Å²) in [4.78, 5) is 26.1. The van der Waals surface area contributed by atoms with Crippen molar-refractivity contribution in [3.8, 4) is 0 Å². The fraction of sp³-hybridized carbons (Fsp3) is 0.600. The normalized spacial score (nSPS) is 29.2. The molecule has 1 spiro atoms. The van der Waals surface area contributed by atoms with E-state index in [0.29, 0.717) is 18.8 Å². The highest BCUT2D eigenvalue weighted by atomic mass is 19.1. The van der Waals surface area contributed by atoms with E-state index < -0.39 is 29.5 Å². The summed E-state index contributed by atoms with van der Waals surface area (Å²) in [5.74, 6) is -1.60. The van der Waals surface area contributed by atoms with Crippen LogP contribution in [-0.4, -0.2) is 40.3 Å². The van der Waals surface area contributed by atoms with Crippen LogP contribution in [0.25, 0.3) is 0 Å². The Labute approximate surface area is 153 Å². The Bertz CT molecular complexity index is 704. The van der Waals surface area contributed by atoms with Gasteiger partial charge in [-0.2, -0.15) is 0 Å². The van der Waals surface area contributed by atoms with Gasteiger partial charge in [-0.05, 0) is 55.2 Å². The largest absolute Gasteiger partial charge is 0.480 e. The number of nitrogens with zero attached hydrogens (tertiary/aromatic N) is 1. The van der Waals surface area contributed by atoms with Crippen LogP contribution in [0.15, 0.2) is 24.3 Å². The molecule has 0 radical (unpaired) electrons. The van der Waals surface area contributed by atoms with Crippen molar-refractivity contribution in [3.63, 3.8) is 0 Å². The van der Waals surface area contributed by atoms with Gasteiger partial charge in [-0.3, -0.25) is 9.69 Å². The van der Waals surface area contributed by atoms with Gasteiger partial charge in [-0.1, -0.05) is 26.8 Å². The van der Waals surface area contributed by atoms with Gasteiger partial charge in [0, 0.05) is 5.56 Å². The smallest absolute Gasteiger partial charge is 0.328 e. The number of rotatable bonds is 2. The Balaban J connectivity index is 1.90. The lowest BCUT2D eigenvalue weighted by Gasteiger charge is -2.46. The second-order valence-corrected chi connectivity index (χ2v) is 8.44. The van der Waals surface area contributed by atoms with Gasteiger partial charge in [-0.15, -0.1) is 0 Å². The second kappa shape index (κ2) is 6.65. The number of carbonyl (C=O) groups is 2. The molecule has 1 heterocycles. The zero-order valence-electron chi connectivity index (χ0n) is 15.5. The quantitative estimate of drug-likeness (QED) is 0.870. The Hall–Kier alpha value is -1.95. The molecule has 1 saturated carbocycles. The van der Waals surface area contributed by atoms with Gasteiger partial charge >= 0.3 is 5.97 Å². The average Bonchev–Trinajstić information content (AvgIpc) is 2.92. The zero-order chi connectivity index (χ0) is 19.1. The molecule has 0 unspecified atom stereocenters. The van der Waals surface area contributed by atoms with Gasteiger partial charge in [0.15, 0.2) is 6.04 Å². The van der Waals surface area contributed by atoms with Crippen LogP contribution in [0.2, 0.25) is 0 Å². The molecule has 1 aromatic rings. The first kappa shape index (κ1) is 18.8. The van der Waals surface area contributed by atoms with Crippen molar-refractivity contribution in [2.45, 2.75) is 58.2 Å². The lowest BCUT2D eigenvalue weighted by atomic mass is 9.70. The number of aliphatic carboxylic acids is 1. The molecule has 1 aliphatic heterocycles. The van der Waals surface area contributed by atoms with Crippen molar-refractivity contribution in [2.75, 3.05) is 6.61 Å². The zero-order valence-corrected chi connectivity index (χ0v) is 15.5. The van der Waals surface area contributed by atoms with Gasteiger partial charge in [0.05, 0.1) is 6.61 Å². The van der Waals surface area contributed by atoms with Crippen LogP contribution in [0.5, 0.6) is 0 Å². The van der Waals surface area contributed by atoms with Crippen molar-refractivity contribution in [1.82, 2.24) is 4.90 Å². The minimum atomic E-state index is -1.09. The summed E-state index contributed by atoms with van der Waals surface area (Å²) in [5, 5.41) is 9.58. The van der Waals surface area contributed by atoms with Crippen molar-refractivity contribution in [3.05, 3.63) is 35.6 Å². The minimum absolute atomic E-state index is 0.0312. The predicted octanol–water partition coefficient (Wildman–Crippen LogP) is 3.68. The van der Waals surface area contributed by atoms with Gasteiger partial charge in [0.2, 0.25) is 0 Å². The number of halogens is 1. The SMILES string of the molecule is CC(C)(C)C1CCC2(CC1)OC[C@H](C(=O)O)N2C(=O)c1cccc(F)c1. The third-order valence-corrected chi connectivity index (χ3v) is 5.83. The number of hydrogen-bond donors (Lipinski definition) is 1. The average molecular weight is 363 g/mol. The van der Waals surface area contributed by atoms with Gasteiger partial charge in [0.25, 0.3) is 5.91 Å². The van der Waals surface area contributed by atoms with Gasteiger partial charge < -0.3 is 9.84 Å². The van der Waals surface area contributed by atoms with Crippen molar-refractivity contribution < 1.29 is 23.8 Å². The van der Waals surface area contributed by atoms with E-state index in [0.717, 1.165) is 18.9 Å². The topological polar surface area (TPSA) is 66.8 Å². The molecule has 5 nitrogen and oxygen atoms in total. The molecule has 1 N–H and O–H groups in total. The van der Waals surface area contributed by atoms with Crippen LogP contribution in [0.4, 0.5) is 4.39 Å². The van der Waals surface area contributed by atoms with E-state index in [4.69, 9.17) is 4.74 Å². The summed E-state index contributed by atoms with van der Waals surface area (Å²) in [6.07, 6.45) is 2.92. The van der Waals surface area contributed by atoms with Gasteiger partial charge in [-0.25, -0.2) is 9.18 Å². The first-order chi connectivity index (χ1) is 12.1. The maximum atomic E-state index is 13.6. The summed E-state index contributed by atoms with van der Waals surface area (Å²) in [7, 11) is 0. The highest BCUT2D eigenvalue weighted by molar-refractivity contribution is 5.97. The first-order valence-electron chi connectivity index (χ1n) is 9.10. The maximum Gasteiger partial charge on any atom is 0.328 e. The van der Waals surface area contributed by atoms with Crippen molar-refractivity contribution in [1.29, 1.82) is 0 Å². The molecule has 1 aliphatic carbocycles. The van der Waals surface area contributed by atoms with Gasteiger partial charge in [0.1, 0.15) is 11.5 Å². The maximum absolute atomic E-state index is 13.6. The molecule has 1 saturated heterocycles. The van der Waals surface area contributed by atoms with E-state index in [1.165, 1.54) is 23.1 Å².